The van der Waals surface area contributed by atoms with Gasteiger partial charge in [-0.3, -0.25) is 0 Å². The monoisotopic (exact) mass is 390 g/mol. The van der Waals surface area contributed by atoms with Crippen LogP contribution in [-0.4, -0.2) is 29.1 Å². The summed E-state index contributed by atoms with van der Waals surface area (Å²) in [5.41, 5.74) is 3.17. The van der Waals surface area contributed by atoms with Crippen LogP contribution >= 0.6 is 0 Å². The summed E-state index contributed by atoms with van der Waals surface area (Å²) in [6.07, 6.45) is 2.18. The summed E-state index contributed by atoms with van der Waals surface area (Å²) in [4.78, 5) is 21.1. The molecule has 3 aromatic rings. The zero-order valence-corrected chi connectivity index (χ0v) is 16.8. The second-order valence-corrected chi connectivity index (χ2v) is 6.53. The molecular formula is C23H26N4O2. The fourth-order valence-electron chi connectivity index (χ4n) is 2.78. The quantitative estimate of drug-likeness (QED) is 0.383. The molecule has 0 aliphatic heterocycles. The van der Waals surface area contributed by atoms with Gasteiger partial charge in [-0.05, 0) is 37.6 Å². The number of nitrogens with zero attached hydrogens (tertiary/aromatic N) is 2. The van der Waals surface area contributed by atoms with Gasteiger partial charge in [0.1, 0.15) is 5.82 Å². The highest BCUT2D eigenvalue weighted by Crippen LogP contribution is 2.23. The fraction of sp³-hybridized carbons (Fsp3) is 0.261. The number of aromatic nitrogens is 2. The van der Waals surface area contributed by atoms with E-state index in [0.717, 1.165) is 42.1 Å². The topological polar surface area (TPSA) is 76.1 Å². The first kappa shape index (κ1) is 20.3. The Kier molecular flexibility index (Phi) is 7.16. The van der Waals surface area contributed by atoms with Gasteiger partial charge in [0.15, 0.2) is 0 Å². The standard InChI is InChI=1S/C23H26N4O2/c1-3-5-15-24-21-16-20(17-9-7-6-8-10-17)26-23(27-21)25-19-13-11-18(12-14-19)22(28)29-4-2/h6-14,16H,3-5,15H2,1-2H3,(H2,24,25,26,27). The third-order valence-corrected chi connectivity index (χ3v) is 4.28. The van der Waals surface area contributed by atoms with E-state index >= 15 is 0 Å². The Morgan fingerprint density at radius 1 is 1.00 bits per heavy atom. The minimum atomic E-state index is -0.330. The molecule has 1 heterocycles. The molecule has 0 amide bonds. The van der Waals surface area contributed by atoms with Crippen molar-refractivity contribution in [2.45, 2.75) is 26.7 Å². The molecule has 2 aromatic carbocycles. The Labute approximate surface area is 171 Å². The van der Waals surface area contributed by atoms with Crippen LogP contribution in [0.15, 0.2) is 60.7 Å². The van der Waals surface area contributed by atoms with E-state index in [4.69, 9.17) is 4.74 Å². The van der Waals surface area contributed by atoms with Gasteiger partial charge in [-0.25, -0.2) is 9.78 Å². The van der Waals surface area contributed by atoms with Gasteiger partial charge in [0.25, 0.3) is 0 Å². The lowest BCUT2D eigenvalue weighted by atomic mass is 10.1. The van der Waals surface area contributed by atoms with Crippen molar-refractivity contribution in [1.29, 1.82) is 0 Å². The number of benzene rings is 2. The van der Waals surface area contributed by atoms with Gasteiger partial charge in [0, 0.05) is 23.9 Å². The Morgan fingerprint density at radius 3 is 2.45 bits per heavy atom. The molecule has 2 N–H and O–H groups in total. The molecule has 0 fully saturated rings. The number of nitrogens with one attached hydrogen (secondary N) is 2. The number of ether oxygens (including phenoxy) is 1. The lowest BCUT2D eigenvalue weighted by molar-refractivity contribution is 0.0526. The average Bonchev–Trinajstić information content (AvgIpc) is 2.75. The molecule has 0 unspecified atom stereocenters. The van der Waals surface area contributed by atoms with Crippen LogP contribution in [0.5, 0.6) is 0 Å². The Hall–Kier alpha value is -3.41. The molecule has 6 nitrogen and oxygen atoms in total. The highest BCUT2D eigenvalue weighted by atomic mass is 16.5. The van der Waals surface area contributed by atoms with E-state index in [1.54, 1.807) is 19.1 Å². The maximum Gasteiger partial charge on any atom is 0.338 e. The van der Waals surface area contributed by atoms with E-state index in [2.05, 4.69) is 27.5 Å². The van der Waals surface area contributed by atoms with Crippen LogP contribution in [0.2, 0.25) is 0 Å². The summed E-state index contributed by atoms with van der Waals surface area (Å²) in [6, 6.07) is 19.0. The fourth-order valence-corrected chi connectivity index (χ4v) is 2.78. The highest BCUT2D eigenvalue weighted by Gasteiger charge is 2.09. The molecule has 6 heteroatoms. The molecule has 150 valence electrons. The third-order valence-electron chi connectivity index (χ3n) is 4.28. The molecule has 0 atom stereocenters. The first-order valence-corrected chi connectivity index (χ1v) is 9.92. The lowest BCUT2D eigenvalue weighted by Gasteiger charge is -2.12. The van der Waals surface area contributed by atoms with Gasteiger partial charge in [-0.15, -0.1) is 0 Å². The Balaban J connectivity index is 1.83. The largest absolute Gasteiger partial charge is 0.462 e. The van der Waals surface area contributed by atoms with Gasteiger partial charge < -0.3 is 15.4 Å². The van der Waals surface area contributed by atoms with Gasteiger partial charge in [-0.2, -0.15) is 4.98 Å². The summed E-state index contributed by atoms with van der Waals surface area (Å²) in [5, 5.41) is 6.60. The molecular weight excluding hydrogens is 364 g/mol. The number of carbonyl (C=O) groups excluding carboxylic acids is 1. The molecule has 0 saturated carbocycles. The Morgan fingerprint density at radius 2 is 1.76 bits per heavy atom. The van der Waals surface area contributed by atoms with Gasteiger partial charge in [0.2, 0.25) is 5.95 Å². The summed E-state index contributed by atoms with van der Waals surface area (Å²) >= 11 is 0. The molecule has 0 bridgehead atoms. The zero-order chi connectivity index (χ0) is 20.5. The molecule has 3 rings (SSSR count). The van der Waals surface area contributed by atoms with Gasteiger partial charge in [-0.1, -0.05) is 43.7 Å². The summed E-state index contributed by atoms with van der Waals surface area (Å²) < 4.78 is 5.02. The average molecular weight is 390 g/mol. The highest BCUT2D eigenvalue weighted by molar-refractivity contribution is 5.89. The van der Waals surface area contributed by atoms with E-state index in [0.29, 0.717) is 18.1 Å². The van der Waals surface area contributed by atoms with Crippen LogP contribution < -0.4 is 10.6 Å². The first-order valence-electron chi connectivity index (χ1n) is 9.92. The second kappa shape index (κ2) is 10.2. The number of hydrogen-bond donors (Lipinski definition) is 2. The van der Waals surface area contributed by atoms with E-state index in [9.17, 15) is 4.79 Å². The van der Waals surface area contributed by atoms with Crippen molar-refractivity contribution >= 4 is 23.4 Å². The van der Waals surface area contributed by atoms with Crippen LogP contribution in [0.25, 0.3) is 11.3 Å². The molecule has 0 aliphatic rings. The van der Waals surface area contributed by atoms with E-state index in [1.807, 2.05) is 48.5 Å². The number of esters is 1. The minimum absolute atomic E-state index is 0.330. The van der Waals surface area contributed by atoms with Crippen LogP contribution in [0, 0.1) is 0 Å². The summed E-state index contributed by atoms with van der Waals surface area (Å²) in [5.74, 6) is 0.941. The van der Waals surface area contributed by atoms with Crippen molar-refractivity contribution in [3.05, 3.63) is 66.2 Å². The van der Waals surface area contributed by atoms with Crippen LogP contribution in [-0.2, 0) is 4.74 Å². The van der Waals surface area contributed by atoms with Crippen molar-refractivity contribution in [2.24, 2.45) is 0 Å². The van der Waals surface area contributed by atoms with Gasteiger partial charge >= 0.3 is 5.97 Å². The SMILES string of the molecule is CCCCNc1cc(-c2ccccc2)nc(Nc2ccc(C(=O)OCC)cc2)n1. The molecule has 0 aliphatic carbocycles. The predicted octanol–water partition coefficient (Wildman–Crippen LogP) is 5.28. The summed E-state index contributed by atoms with van der Waals surface area (Å²) in [6.45, 7) is 5.16. The third kappa shape index (κ3) is 5.78. The number of hydrogen-bond acceptors (Lipinski definition) is 6. The normalized spacial score (nSPS) is 10.4. The molecule has 29 heavy (non-hydrogen) atoms. The smallest absolute Gasteiger partial charge is 0.338 e. The molecule has 0 spiro atoms. The minimum Gasteiger partial charge on any atom is -0.462 e. The number of rotatable bonds is 9. The maximum absolute atomic E-state index is 11.8. The predicted molar refractivity (Wildman–Crippen MR) is 117 cm³/mol. The maximum atomic E-state index is 11.8. The first-order chi connectivity index (χ1) is 14.2. The van der Waals surface area contributed by atoms with Gasteiger partial charge in [0.05, 0.1) is 17.9 Å². The second-order valence-electron chi connectivity index (χ2n) is 6.53. The van der Waals surface area contributed by atoms with Crippen molar-refractivity contribution in [3.63, 3.8) is 0 Å². The van der Waals surface area contributed by atoms with E-state index < -0.39 is 0 Å². The van der Waals surface area contributed by atoms with Crippen LogP contribution in [0.3, 0.4) is 0 Å². The van der Waals surface area contributed by atoms with Crippen molar-refractivity contribution < 1.29 is 9.53 Å². The van der Waals surface area contributed by atoms with E-state index in [-0.39, 0.29) is 5.97 Å². The molecule has 0 saturated heterocycles. The number of unbranched alkanes of at least 4 members (excludes halogenated alkanes) is 1. The van der Waals surface area contributed by atoms with Crippen LogP contribution in [0.4, 0.5) is 17.5 Å². The number of anilines is 3. The van der Waals surface area contributed by atoms with Crippen LogP contribution in [0.1, 0.15) is 37.0 Å². The van der Waals surface area contributed by atoms with Crippen molar-refractivity contribution in [2.75, 3.05) is 23.8 Å². The lowest BCUT2D eigenvalue weighted by Crippen LogP contribution is -2.07. The zero-order valence-electron chi connectivity index (χ0n) is 16.8. The Bertz CT molecular complexity index is 927. The molecule has 0 radical (unpaired) electrons. The number of carbonyl (C=O) groups is 1. The van der Waals surface area contributed by atoms with E-state index in [1.165, 1.54) is 0 Å². The van der Waals surface area contributed by atoms with Crippen molar-refractivity contribution in [3.8, 4) is 11.3 Å². The molecule has 1 aromatic heterocycles. The summed E-state index contributed by atoms with van der Waals surface area (Å²) in [7, 11) is 0. The van der Waals surface area contributed by atoms with Crippen molar-refractivity contribution in [1.82, 2.24) is 9.97 Å².